The fourth-order valence-corrected chi connectivity index (χ4v) is 4.36. The van der Waals surface area contributed by atoms with Gasteiger partial charge in [0.25, 0.3) is 11.8 Å². The van der Waals surface area contributed by atoms with Crippen molar-refractivity contribution in [1.29, 1.82) is 0 Å². The highest BCUT2D eigenvalue weighted by Crippen LogP contribution is 2.28. The number of hydrogen-bond acceptors (Lipinski definition) is 6. The van der Waals surface area contributed by atoms with E-state index in [0.29, 0.717) is 28.3 Å². The molecule has 2 aliphatic heterocycles. The maximum atomic E-state index is 12.8. The van der Waals surface area contributed by atoms with Gasteiger partial charge in [-0.05, 0) is 35.7 Å². The van der Waals surface area contributed by atoms with Crippen molar-refractivity contribution in [2.75, 3.05) is 0 Å². The summed E-state index contributed by atoms with van der Waals surface area (Å²) >= 11 is 6.00. The topological polar surface area (TPSA) is 122 Å². The molecule has 172 valence electrons. The maximum absolute atomic E-state index is 12.8. The fraction of sp³-hybridized carbons (Fsp3) is 0.208. The Kier molecular flexibility index (Phi) is 5.62. The van der Waals surface area contributed by atoms with E-state index in [2.05, 4.69) is 15.8 Å². The van der Waals surface area contributed by atoms with Crippen molar-refractivity contribution in [3.63, 3.8) is 0 Å². The van der Waals surface area contributed by atoms with E-state index in [1.165, 1.54) is 4.90 Å². The highest BCUT2D eigenvalue weighted by atomic mass is 35.5. The summed E-state index contributed by atoms with van der Waals surface area (Å²) in [5.41, 5.74) is 2.93. The molecule has 9 nitrogen and oxygen atoms in total. The van der Waals surface area contributed by atoms with Gasteiger partial charge in [0.05, 0.1) is 0 Å². The standard InChI is InChI=1S/C24H19ClN4O5/c25-16-3-1-2-14(9-16)20-10-18(28-34-20)22(31)26-11-13-4-5-17-15(8-13)12-29(24(17)33)19-6-7-21(30)27-23(19)32/h1-5,8-10,19H,6-7,11-12H2,(H,26,31)(H,27,30,32). The maximum Gasteiger partial charge on any atom is 0.273 e. The highest BCUT2D eigenvalue weighted by Gasteiger charge is 2.39. The van der Waals surface area contributed by atoms with Crippen molar-refractivity contribution < 1.29 is 23.7 Å². The second kappa shape index (κ2) is 8.75. The van der Waals surface area contributed by atoms with E-state index in [4.69, 9.17) is 16.1 Å². The summed E-state index contributed by atoms with van der Waals surface area (Å²) in [4.78, 5) is 50.4. The molecule has 0 radical (unpaired) electrons. The first-order chi connectivity index (χ1) is 16.4. The molecule has 1 aromatic heterocycles. The van der Waals surface area contributed by atoms with Gasteiger partial charge in [0.2, 0.25) is 11.8 Å². The van der Waals surface area contributed by atoms with Crippen LogP contribution in [0.3, 0.4) is 0 Å². The van der Waals surface area contributed by atoms with Crippen LogP contribution in [0.15, 0.2) is 53.1 Å². The molecule has 0 saturated carbocycles. The summed E-state index contributed by atoms with van der Waals surface area (Å²) in [6, 6.07) is 13.2. The Hall–Kier alpha value is -3.98. The lowest BCUT2D eigenvalue weighted by Gasteiger charge is -2.29. The molecule has 4 amide bonds. The molecule has 1 fully saturated rings. The number of benzene rings is 2. The van der Waals surface area contributed by atoms with E-state index in [1.807, 2.05) is 6.07 Å². The molecular weight excluding hydrogens is 460 g/mol. The number of carbonyl (C=O) groups excluding carboxylic acids is 4. The van der Waals surface area contributed by atoms with Gasteiger partial charge >= 0.3 is 0 Å². The van der Waals surface area contributed by atoms with Crippen LogP contribution in [0.1, 0.15) is 44.8 Å². The SMILES string of the molecule is O=C1CCC(N2Cc3cc(CNC(=O)c4cc(-c5cccc(Cl)c5)on4)ccc3C2=O)C(=O)N1. The summed E-state index contributed by atoms with van der Waals surface area (Å²) < 4.78 is 5.27. The average molecular weight is 479 g/mol. The molecule has 5 rings (SSSR count). The molecule has 0 spiro atoms. The number of hydrogen-bond donors (Lipinski definition) is 2. The number of rotatable bonds is 5. The van der Waals surface area contributed by atoms with Crippen LogP contribution in [-0.4, -0.2) is 39.7 Å². The smallest absolute Gasteiger partial charge is 0.273 e. The van der Waals surface area contributed by atoms with Crippen LogP contribution in [0, 0.1) is 0 Å². The number of nitrogens with one attached hydrogen (secondary N) is 2. The van der Waals surface area contributed by atoms with E-state index in [0.717, 1.165) is 11.1 Å². The van der Waals surface area contributed by atoms with E-state index in [9.17, 15) is 19.2 Å². The average Bonchev–Trinajstić information content (AvgIpc) is 3.43. The zero-order chi connectivity index (χ0) is 23.8. The monoisotopic (exact) mass is 478 g/mol. The largest absolute Gasteiger partial charge is 0.355 e. The predicted molar refractivity (Wildman–Crippen MR) is 121 cm³/mol. The predicted octanol–water partition coefficient (Wildman–Crippen LogP) is 2.69. The van der Waals surface area contributed by atoms with Crippen molar-refractivity contribution in [2.45, 2.75) is 32.0 Å². The minimum Gasteiger partial charge on any atom is -0.355 e. The molecule has 0 aliphatic carbocycles. The molecule has 1 unspecified atom stereocenters. The second-order valence-electron chi connectivity index (χ2n) is 8.16. The van der Waals surface area contributed by atoms with Crippen LogP contribution in [0.4, 0.5) is 0 Å². The van der Waals surface area contributed by atoms with Gasteiger partial charge in [0.1, 0.15) is 6.04 Å². The third-order valence-corrected chi connectivity index (χ3v) is 6.13. The van der Waals surface area contributed by atoms with Crippen LogP contribution in [0.25, 0.3) is 11.3 Å². The molecule has 2 N–H and O–H groups in total. The molecule has 3 heterocycles. The highest BCUT2D eigenvalue weighted by molar-refractivity contribution is 6.30. The van der Waals surface area contributed by atoms with E-state index >= 15 is 0 Å². The Labute approximate surface area is 199 Å². The number of aromatic nitrogens is 1. The quantitative estimate of drug-likeness (QED) is 0.544. The second-order valence-corrected chi connectivity index (χ2v) is 8.60. The number of imide groups is 1. The third-order valence-electron chi connectivity index (χ3n) is 5.89. The summed E-state index contributed by atoms with van der Waals surface area (Å²) in [7, 11) is 0. The van der Waals surface area contributed by atoms with Gasteiger partial charge in [-0.15, -0.1) is 0 Å². The van der Waals surface area contributed by atoms with E-state index < -0.39 is 17.9 Å². The number of halogens is 1. The molecule has 34 heavy (non-hydrogen) atoms. The zero-order valence-corrected chi connectivity index (χ0v) is 18.6. The van der Waals surface area contributed by atoms with Crippen molar-refractivity contribution in [2.24, 2.45) is 0 Å². The minimum atomic E-state index is -0.665. The van der Waals surface area contributed by atoms with Gasteiger partial charge in [-0.1, -0.05) is 41.0 Å². The minimum absolute atomic E-state index is 0.135. The van der Waals surface area contributed by atoms with E-state index in [-0.39, 0.29) is 37.0 Å². The summed E-state index contributed by atoms with van der Waals surface area (Å²) in [5.74, 6) is -0.989. The summed E-state index contributed by atoms with van der Waals surface area (Å²) in [6.07, 6.45) is 0.511. The molecule has 1 saturated heterocycles. The molecule has 3 aromatic rings. The lowest BCUT2D eigenvalue weighted by atomic mass is 10.0. The molecule has 0 bridgehead atoms. The molecule has 2 aliphatic rings. The zero-order valence-electron chi connectivity index (χ0n) is 17.8. The number of nitrogens with zero attached hydrogens (tertiary/aromatic N) is 2. The Morgan fingerprint density at radius 2 is 2.03 bits per heavy atom. The summed E-state index contributed by atoms with van der Waals surface area (Å²) in [6.45, 7) is 0.493. The normalized spacial score (nSPS) is 17.5. The van der Waals surface area contributed by atoms with Crippen LogP contribution >= 0.6 is 11.6 Å². The van der Waals surface area contributed by atoms with Crippen LogP contribution < -0.4 is 10.6 Å². The van der Waals surface area contributed by atoms with Crippen LogP contribution in [0.5, 0.6) is 0 Å². The molecular formula is C24H19ClN4O5. The van der Waals surface area contributed by atoms with Crippen LogP contribution in [-0.2, 0) is 22.7 Å². The molecule has 1 atom stereocenters. The van der Waals surface area contributed by atoms with Gasteiger partial charge in [-0.3, -0.25) is 24.5 Å². The lowest BCUT2D eigenvalue weighted by Crippen LogP contribution is -2.52. The van der Waals surface area contributed by atoms with Crippen LogP contribution in [0.2, 0.25) is 5.02 Å². The lowest BCUT2D eigenvalue weighted by molar-refractivity contribution is -0.136. The first-order valence-electron chi connectivity index (χ1n) is 10.7. The van der Waals surface area contributed by atoms with Crippen molar-refractivity contribution >= 4 is 35.2 Å². The first-order valence-corrected chi connectivity index (χ1v) is 11.0. The molecule has 10 heteroatoms. The number of piperidine rings is 1. The van der Waals surface area contributed by atoms with Crippen molar-refractivity contribution in [3.05, 3.63) is 75.9 Å². The molecule has 2 aromatic carbocycles. The van der Waals surface area contributed by atoms with Crippen molar-refractivity contribution in [3.8, 4) is 11.3 Å². The first kappa shape index (κ1) is 21.8. The van der Waals surface area contributed by atoms with Crippen molar-refractivity contribution in [1.82, 2.24) is 20.7 Å². The number of fused-ring (bicyclic) bond motifs is 1. The Morgan fingerprint density at radius 3 is 2.82 bits per heavy atom. The van der Waals surface area contributed by atoms with Gasteiger partial charge < -0.3 is 14.7 Å². The van der Waals surface area contributed by atoms with Gasteiger partial charge in [0.15, 0.2) is 11.5 Å². The van der Waals surface area contributed by atoms with E-state index in [1.54, 1.807) is 42.5 Å². The van der Waals surface area contributed by atoms with Gasteiger partial charge in [-0.2, -0.15) is 0 Å². The third kappa shape index (κ3) is 4.17. The number of amides is 4. The Bertz CT molecular complexity index is 1330. The Morgan fingerprint density at radius 1 is 1.18 bits per heavy atom. The number of carbonyl (C=O) groups is 4. The fourth-order valence-electron chi connectivity index (χ4n) is 4.17. The van der Waals surface area contributed by atoms with Gasteiger partial charge in [0, 0.05) is 41.7 Å². The summed E-state index contributed by atoms with van der Waals surface area (Å²) in [5, 5.41) is 9.46. The Balaban J connectivity index is 1.24. The van der Waals surface area contributed by atoms with Gasteiger partial charge in [-0.25, -0.2) is 0 Å².